The number of ether oxygens (including phenoxy) is 2. The normalized spacial score (nSPS) is 10.9. The summed E-state index contributed by atoms with van der Waals surface area (Å²) in [5, 5.41) is 3.32. The van der Waals surface area contributed by atoms with E-state index < -0.39 is 0 Å². The zero-order valence-corrected chi connectivity index (χ0v) is 19.1. The molecular weight excluding hydrogens is 426 g/mol. The Bertz CT molecular complexity index is 1360. The maximum Gasteiger partial charge on any atom is 0.263 e. The number of hydrogen-bond acceptors (Lipinski definition) is 6. The zero-order chi connectivity index (χ0) is 22.8. The molecule has 0 radical (unpaired) electrons. The number of carbonyl (C=O) groups is 1. The van der Waals surface area contributed by atoms with Crippen LogP contribution in [0, 0.1) is 13.8 Å². The lowest BCUT2D eigenvalue weighted by atomic mass is 10.0. The van der Waals surface area contributed by atoms with Crippen molar-refractivity contribution in [3.8, 4) is 22.6 Å². The van der Waals surface area contributed by atoms with E-state index in [0.29, 0.717) is 27.4 Å². The average molecular weight is 450 g/mol. The Balaban J connectivity index is 1.68. The lowest BCUT2D eigenvalue weighted by Gasteiger charge is -2.12. The van der Waals surface area contributed by atoms with Gasteiger partial charge in [0.25, 0.3) is 5.56 Å². The van der Waals surface area contributed by atoms with Crippen molar-refractivity contribution in [2.45, 2.75) is 20.4 Å². The van der Waals surface area contributed by atoms with Crippen LogP contribution in [-0.2, 0) is 11.3 Å². The molecule has 2 heterocycles. The Morgan fingerprint density at radius 1 is 1.09 bits per heavy atom. The molecule has 0 atom stereocenters. The van der Waals surface area contributed by atoms with Crippen LogP contribution in [0.3, 0.4) is 0 Å². The number of benzene rings is 2. The number of rotatable bonds is 6. The Kier molecular flexibility index (Phi) is 5.96. The van der Waals surface area contributed by atoms with E-state index >= 15 is 0 Å². The Morgan fingerprint density at radius 2 is 1.84 bits per heavy atom. The molecule has 0 aliphatic carbocycles. The van der Waals surface area contributed by atoms with E-state index in [9.17, 15) is 9.59 Å². The van der Waals surface area contributed by atoms with Gasteiger partial charge < -0.3 is 14.8 Å². The lowest BCUT2D eigenvalue weighted by molar-refractivity contribution is -0.116. The molecule has 8 heteroatoms. The molecule has 2 aromatic heterocycles. The predicted molar refractivity (Wildman–Crippen MR) is 127 cm³/mol. The highest BCUT2D eigenvalue weighted by atomic mass is 32.1. The number of nitrogens with one attached hydrogen (secondary N) is 1. The summed E-state index contributed by atoms with van der Waals surface area (Å²) in [5.74, 6) is 0.705. The highest BCUT2D eigenvalue weighted by molar-refractivity contribution is 7.19. The minimum atomic E-state index is -0.372. The van der Waals surface area contributed by atoms with Crippen molar-refractivity contribution < 1.29 is 14.3 Å². The summed E-state index contributed by atoms with van der Waals surface area (Å²) < 4.78 is 11.8. The molecule has 4 rings (SSSR count). The molecule has 0 bridgehead atoms. The molecule has 4 aromatic rings. The van der Waals surface area contributed by atoms with Crippen molar-refractivity contribution in [3.05, 3.63) is 69.6 Å². The van der Waals surface area contributed by atoms with Gasteiger partial charge in [-0.25, -0.2) is 4.98 Å². The lowest BCUT2D eigenvalue weighted by Crippen LogP contribution is -2.28. The van der Waals surface area contributed by atoms with Crippen LogP contribution in [0.5, 0.6) is 11.5 Å². The van der Waals surface area contributed by atoms with E-state index in [4.69, 9.17) is 9.47 Å². The number of nitrogens with zero attached hydrogens (tertiary/aromatic N) is 2. The first-order valence-electron chi connectivity index (χ1n) is 9.98. The van der Waals surface area contributed by atoms with Crippen molar-refractivity contribution in [3.63, 3.8) is 0 Å². The number of amides is 1. The first-order chi connectivity index (χ1) is 15.4. The van der Waals surface area contributed by atoms with Gasteiger partial charge in [-0.1, -0.05) is 29.8 Å². The van der Waals surface area contributed by atoms with Crippen molar-refractivity contribution in [1.29, 1.82) is 0 Å². The van der Waals surface area contributed by atoms with Gasteiger partial charge in [0, 0.05) is 16.5 Å². The summed E-state index contributed by atoms with van der Waals surface area (Å²) in [6, 6.07) is 13.1. The monoisotopic (exact) mass is 449 g/mol. The van der Waals surface area contributed by atoms with Crippen LogP contribution < -0.4 is 20.3 Å². The number of methoxy groups -OCH3 is 2. The first-order valence-corrected chi connectivity index (χ1v) is 10.8. The van der Waals surface area contributed by atoms with E-state index in [-0.39, 0.29) is 18.0 Å². The minimum absolute atomic E-state index is 0.176. The van der Waals surface area contributed by atoms with E-state index in [1.54, 1.807) is 25.3 Å². The molecule has 7 nitrogen and oxygen atoms in total. The fraction of sp³-hybridized carbons (Fsp3) is 0.208. The predicted octanol–water partition coefficient (Wildman–Crippen LogP) is 4.40. The number of carbonyl (C=O) groups excluding carboxylic acids is 1. The molecule has 164 valence electrons. The van der Waals surface area contributed by atoms with Gasteiger partial charge in [-0.05, 0) is 31.5 Å². The average Bonchev–Trinajstić information content (AvgIpc) is 3.13. The van der Waals surface area contributed by atoms with E-state index in [2.05, 4.69) is 10.3 Å². The van der Waals surface area contributed by atoms with Gasteiger partial charge in [-0.3, -0.25) is 14.2 Å². The van der Waals surface area contributed by atoms with Gasteiger partial charge in [-0.2, -0.15) is 0 Å². The molecule has 0 aliphatic rings. The Labute approximate surface area is 189 Å². The second-order valence-corrected chi connectivity index (χ2v) is 8.57. The van der Waals surface area contributed by atoms with Crippen LogP contribution in [0.15, 0.2) is 53.6 Å². The maximum absolute atomic E-state index is 13.3. The SMILES string of the molecule is COc1ccc(OC)c(NC(=O)Cn2cnc3sc(C)c(-c4ccc(C)cc4)c3c2=O)c1. The molecule has 0 aliphatic heterocycles. The van der Waals surface area contributed by atoms with E-state index in [0.717, 1.165) is 21.6 Å². The summed E-state index contributed by atoms with van der Waals surface area (Å²) in [5.41, 5.74) is 3.19. The molecule has 0 unspecified atom stereocenters. The standard InChI is InChI=1S/C24H23N3O4S/c1-14-5-7-16(8-6-14)21-15(2)32-23-22(21)24(29)27(13-25-23)12-20(28)26-18-11-17(30-3)9-10-19(18)31-4/h5-11,13H,12H2,1-4H3,(H,26,28). The highest BCUT2D eigenvalue weighted by Crippen LogP contribution is 2.35. The van der Waals surface area contributed by atoms with Gasteiger partial charge in [0.15, 0.2) is 0 Å². The van der Waals surface area contributed by atoms with E-state index in [1.165, 1.54) is 29.3 Å². The minimum Gasteiger partial charge on any atom is -0.497 e. The summed E-state index contributed by atoms with van der Waals surface area (Å²) in [6.45, 7) is 3.82. The zero-order valence-electron chi connectivity index (χ0n) is 18.3. The molecule has 0 spiro atoms. The molecule has 2 aromatic carbocycles. The van der Waals surface area contributed by atoms with Crippen molar-refractivity contribution in [2.75, 3.05) is 19.5 Å². The summed E-state index contributed by atoms with van der Waals surface area (Å²) in [7, 11) is 3.06. The Hall–Kier alpha value is -3.65. The topological polar surface area (TPSA) is 82.4 Å². The molecule has 0 saturated heterocycles. The summed E-state index contributed by atoms with van der Waals surface area (Å²) >= 11 is 1.48. The van der Waals surface area contributed by atoms with Gasteiger partial charge in [0.1, 0.15) is 22.9 Å². The fourth-order valence-electron chi connectivity index (χ4n) is 3.57. The second-order valence-electron chi connectivity index (χ2n) is 7.37. The molecule has 32 heavy (non-hydrogen) atoms. The highest BCUT2D eigenvalue weighted by Gasteiger charge is 2.18. The summed E-state index contributed by atoms with van der Waals surface area (Å²) in [6.07, 6.45) is 1.42. The van der Waals surface area contributed by atoms with Gasteiger partial charge >= 0.3 is 0 Å². The van der Waals surface area contributed by atoms with Crippen LogP contribution in [0.2, 0.25) is 0 Å². The summed E-state index contributed by atoms with van der Waals surface area (Å²) in [4.78, 5) is 32.2. The van der Waals surface area contributed by atoms with Crippen LogP contribution in [0.4, 0.5) is 5.69 Å². The number of fused-ring (bicyclic) bond motifs is 1. The molecular formula is C24H23N3O4S. The molecule has 0 saturated carbocycles. The van der Waals surface area contributed by atoms with Gasteiger partial charge in [0.2, 0.25) is 5.91 Å². The molecule has 0 fully saturated rings. The van der Waals surface area contributed by atoms with Crippen molar-refractivity contribution >= 4 is 33.1 Å². The molecule has 1 N–H and O–H groups in total. The number of hydrogen-bond donors (Lipinski definition) is 1. The third-order valence-corrected chi connectivity index (χ3v) is 6.20. The quantitative estimate of drug-likeness (QED) is 0.472. The van der Waals surface area contributed by atoms with Gasteiger partial charge in [0.05, 0.1) is 31.6 Å². The molecule has 1 amide bonds. The van der Waals surface area contributed by atoms with Crippen LogP contribution >= 0.6 is 11.3 Å². The first kappa shape index (κ1) is 21.6. The fourth-order valence-corrected chi connectivity index (χ4v) is 4.58. The van der Waals surface area contributed by atoms with Gasteiger partial charge in [-0.15, -0.1) is 11.3 Å². The van der Waals surface area contributed by atoms with Crippen molar-refractivity contribution in [1.82, 2.24) is 9.55 Å². The van der Waals surface area contributed by atoms with Crippen LogP contribution in [-0.4, -0.2) is 29.7 Å². The number of anilines is 1. The van der Waals surface area contributed by atoms with Crippen molar-refractivity contribution in [2.24, 2.45) is 0 Å². The number of aryl methyl sites for hydroxylation is 2. The third-order valence-electron chi connectivity index (χ3n) is 5.19. The number of thiophene rings is 1. The van der Waals surface area contributed by atoms with Crippen LogP contribution in [0.25, 0.3) is 21.3 Å². The van der Waals surface area contributed by atoms with E-state index in [1.807, 2.05) is 38.1 Å². The third kappa shape index (κ3) is 4.09. The second kappa shape index (κ2) is 8.84. The number of aromatic nitrogens is 2. The maximum atomic E-state index is 13.3. The van der Waals surface area contributed by atoms with Crippen LogP contribution in [0.1, 0.15) is 10.4 Å². The smallest absolute Gasteiger partial charge is 0.263 e. The largest absolute Gasteiger partial charge is 0.497 e. The Morgan fingerprint density at radius 3 is 2.53 bits per heavy atom.